The minimum absolute atomic E-state index is 0.0852. The fourth-order valence-corrected chi connectivity index (χ4v) is 3.18. The van der Waals surface area contributed by atoms with Crippen LogP contribution in [-0.2, 0) is 24.1 Å². The van der Waals surface area contributed by atoms with Crippen LogP contribution in [0.4, 0.5) is 10.5 Å². The maximum atomic E-state index is 12.5. The highest BCUT2D eigenvalue weighted by atomic mass is 32.2. The number of carbonyl (C=O) groups is 2. The lowest BCUT2D eigenvalue weighted by atomic mass is 10.2. The first-order valence-corrected chi connectivity index (χ1v) is 9.52. The minimum atomic E-state index is -3.94. The molecule has 27 heavy (non-hydrogen) atoms. The molecule has 0 heterocycles. The predicted molar refractivity (Wildman–Crippen MR) is 99.5 cm³/mol. The molecule has 0 aliphatic heterocycles. The zero-order chi connectivity index (χ0) is 20.8. The zero-order valence-electron chi connectivity index (χ0n) is 15.9. The summed E-state index contributed by atoms with van der Waals surface area (Å²) in [4.78, 5) is 24.8. The maximum absolute atomic E-state index is 12.5. The highest BCUT2D eigenvalue weighted by Crippen LogP contribution is 2.32. The molecule has 0 N–H and O–H groups in total. The third-order valence-corrected chi connectivity index (χ3v) is 4.79. The predicted octanol–water partition coefficient (Wildman–Crippen LogP) is 2.02. The van der Waals surface area contributed by atoms with Gasteiger partial charge in [0.1, 0.15) is 11.4 Å². The van der Waals surface area contributed by atoms with Gasteiger partial charge in [-0.2, -0.15) is 0 Å². The van der Waals surface area contributed by atoms with Crippen LogP contribution in [0.25, 0.3) is 0 Å². The van der Waals surface area contributed by atoms with Crippen LogP contribution in [0.1, 0.15) is 20.8 Å². The van der Waals surface area contributed by atoms with Crippen LogP contribution in [0.2, 0.25) is 0 Å². The molecule has 0 saturated heterocycles. The van der Waals surface area contributed by atoms with Gasteiger partial charge in [-0.05, 0) is 32.9 Å². The molecular weight excluding hydrogens is 374 g/mol. The Morgan fingerprint density at radius 3 is 2.33 bits per heavy atom. The number of anilines is 1. The summed E-state index contributed by atoms with van der Waals surface area (Å²) in [6.07, 6.45) is 4.64. The van der Waals surface area contributed by atoms with E-state index in [-0.39, 0.29) is 22.9 Å². The highest BCUT2D eigenvalue weighted by Gasteiger charge is 2.27. The normalized spacial score (nSPS) is 11.3. The molecule has 0 spiro atoms. The van der Waals surface area contributed by atoms with Gasteiger partial charge in [-0.25, -0.2) is 13.2 Å². The van der Waals surface area contributed by atoms with E-state index in [1.54, 1.807) is 20.8 Å². The molecule has 0 unspecified atom stereocenters. The molecule has 1 aromatic rings. The number of nitrogens with zero attached hydrogens (tertiary/aromatic N) is 1. The Hall–Kier alpha value is -2.73. The van der Waals surface area contributed by atoms with Crippen molar-refractivity contribution in [3.05, 3.63) is 18.2 Å². The molecular formula is C18H23NO7S. The number of ether oxygens (including phenoxy) is 3. The van der Waals surface area contributed by atoms with Crippen molar-refractivity contribution in [1.29, 1.82) is 0 Å². The summed E-state index contributed by atoms with van der Waals surface area (Å²) in [6, 6.07) is 3.83. The van der Waals surface area contributed by atoms with Gasteiger partial charge in [0.15, 0.2) is 15.6 Å². The van der Waals surface area contributed by atoms with Crippen molar-refractivity contribution >= 4 is 27.6 Å². The quantitative estimate of drug-likeness (QED) is 0.535. The molecule has 0 saturated carbocycles. The first-order valence-electron chi connectivity index (χ1n) is 7.86. The molecule has 0 aromatic heterocycles. The average Bonchev–Trinajstić information content (AvgIpc) is 2.57. The zero-order valence-corrected chi connectivity index (χ0v) is 16.8. The monoisotopic (exact) mass is 397 g/mol. The summed E-state index contributed by atoms with van der Waals surface area (Å²) < 4.78 is 39.6. The molecule has 0 fully saturated rings. The third kappa shape index (κ3) is 6.18. The van der Waals surface area contributed by atoms with Gasteiger partial charge in [0, 0.05) is 6.07 Å². The van der Waals surface area contributed by atoms with E-state index < -0.39 is 33.3 Å². The second-order valence-electron chi connectivity index (χ2n) is 6.44. The number of hydrogen-bond donors (Lipinski definition) is 0. The van der Waals surface area contributed by atoms with Gasteiger partial charge in [-0.3, -0.25) is 9.69 Å². The Morgan fingerprint density at radius 1 is 1.22 bits per heavy atom. The number of methoxy groups -OCH3 is 2. The SMILES string of the molecule is C#CCN(C(=O)OC(C)(C)C)c1ccc(S(=O)(=O)CC(=O)OC)cc1OC. The van der Waals surface area contributed by atoms with Gasteiger partial charge >= 0.3 is 12.1 Å². The second kappa shape index (κ2) is 8.77. The lowest BCUT2D eigenvalue weighted by Gasteiger charge is -2.27. The summed E-state index contributed by atoms with van der Waals surface area (Å²) in [5.74, 6) is 0.737. The van der Waals surface area contributed by atoms with E-state index in [9.17, 15) is 18.0 Å². The van der Waals surface area contributed by atoms with E-state index in [4.69, 9.17) is 15.9 Å². The van der Waals surface area contributed by atoms with Gasteiger partial charge in [0.2, 0.25) is 0 Å². The van der Waals surface area contributed by atoms with Gasteiger partial charge in [0.05, 0.1) is 31.3 Å². The Bertz CT molecular complexity index is 847. The van der Waals surface area contributed by atoms with Crippen molar-refractivity contribution < 1.29 is 32.2 Å². The molecule has 0 radical (unpaired) electrons. The highest BCUT2D eigenvalue weighted by molar-refractivity contribution is 7.92. The van der Waals surface area contributed by atoms with Gasteiger partial charge in [-0.15, -0.1) is 6.42 Å². The summed E-state index contributed by atoms with van der Waals surface area (Å²) in [6.45, 7) is 5.01. The smallest absolute Gasteiger partial charge is 0.415 e. The summed E-state index contributed by atoms with van der Waals surface area (Å²) in [5, 5.41) is 0. The van der Waals surface area contributed by atoms with Gasteiger partial charge < -0.3 is 14.2 Å². The van der Waals surface area contributed by atoms with Crippen LogP contribution in [0.15, 0.2) is 23.1 Å². The van der Waals surface area contributed by atoms with Crippen LogP contribution in [0.5, 0.6) is 5.75 Å². The Morgan fingerprint density at radius 2 is 1.85 bits per heavy atom. The maximum Gasteiger partial charge on any atom is 0.415 e. The van der Waals surface area contributed by atoms with Crippen molar-refractivity contribution in [3.8, 4) is 18.1 Å². The topological polar surface area (TPSA) is 99.2 Å². The van der Waals surface area contributed by atoms with Gasteiger partial charge in [0.25, 0.3) is 0 Å². The number of hydrogen-bond acceptors (Lipinski definition) is 7. The molecule has 1 amide bonds. The molecule has 1 aromatic carbocycles. The van der Waals surface area contributed by atoms with Crippen LogP contribution < -0.4 is 9.64 Å². The number of rotatable bonds is 6. The van der Waals surface area contributed by atoms with Crippen molar-refractivity contribution in [3.63, 3.8) is 0 Å². The van der Waals surface area contributed by atoms with Crippen molar-refractivity contribution in [2.24, 2.45) is 0 Å². The Labute approximate surface area is 159 Å². The molecule has 148 valence electrons. The van der Waals surface area contributed by atoms with Crippen LogP contribution in [-0.4, -0.2) is 52.6 Å². The van der Waals surface area contributed by atoms with Crippen LogP contribution >= 0.6 is 0 Å². The number of esters is 1. The summed E-state index contributed by atoms with van der Waals surface area (Å²) >= 11 is 0. The fraction of sp³-hybridized carbons (Fsp3) is 0.444. The lowest BCUT2D eigenvalue weighted by Crippen LogP contribution is -2.37. The molecule has 0 bridgehead atoms. The van der Waals surface area contributed by atoms with E-state index in [2.05, 4.69) is 10.7 Å². The lowest BCUT2D eigenvalue weighted by molar-refractivity contribution is -0.137. The number of terminal acetylenes is 1. The van der Waals surface area contributed by atoms with E-state index in [0.717, 1.165) is 12.0 Å². The number of sulfone groups is 1. The van der Waals surface area contributed by atoms with Crippen molar-refractivity contribution in [1.82, 2.24) is 0 Å². The minimum Gasteiger partial charge on any atom is -0.495 e. The number of carbonyl (C=O) groups excluding carboxylic acids is 2. The summed E-state index contributed by atoms with van der Waals surface area (Å²) in [5.41, 5.74) is -0.511. The second-order valence-corrected chi connectivity index (χ2v) is 8.43. The third-order valence-electron chi connectivity index (χ3n) is 3.20. The molecule has 0 aliphatic rings. The molecule has 8 nitrogen and oxygen atoms in total. The van der Waals surface area contributed by atoms with Gasteiger partial charge in [-0.1, -0.05) is 5.92 Å². The number of benzene rings is 1. The van der Waals surface area contributed by atoms with Crippen molar-refractivity contribution in [2.45, 2.75) is 31.3 Å². The van der Waals surface area contributed by atoms with E-state index in [1.807, 2.05) is 0 Å². The van der Waals surface area contributed by atoms with E-state index in [0.29, 0.717) is 0 Å². The Kier molecular flexibility index (Phi) is 7.25. The van der Waals surface area contributed by atoms with E-state index in [1.165, 1.54) is 25.3 Å². The fourth-order valence-electron chi connectivity index (χ4n) is 2.03. The van der Waals surface area contributed by atoms with Crippen LogP contribution in [0.3, 0.4) is 0 Å². The average molecular weight is 397 g/mol. The summed E-state index contributed by atoms with van der Waals surface area (Å²) in [7, 11) is -1.52. The molecule has 1 rings (SSSR count). The first-order chi connectivity index (χ1) is 12.4. The van der Waals surface area contributed by atoms with E-state index >= 15 is 0 Å². The molecule has 0 atom stereocenters. The van der Waals surface area contributed by atoms with Crippen molar-refractivity contribution in [2.75, 3.05) is 31.4 Å². The van der Waals surface area contributed by atoms with Crippen LogP contribution in [0, 0.1) is 12.3 Å². The first kappa shape index (κ1) is 22.3. The standard InChI is InChI=1S/C18H23NO7S/c1-7-10-19(17(21)26-18(2,3)4)14-9-8-13(11-15(14)24-5)27(22,23)12-16(20)25-6/h1,8-9,11H,10,12H2,2-6H3. The Balaban J connectivity index is 3.33. The number of amides is 1. The molecule has 0 aliphatic carbocycles. The molecule has 9 heteroatoms. The largest absolute Gasteiger partial charge is 0.495 e.